The number of hydrogen-bond acceptors (Lipinski definition) is 3. The number of rotatable bonds is 7. The lowest BCUT2D eigenvalue weighted by Gasteiger charge is -2.23. The predicted molar refractivity (Wildman–Crippen MR) is 83.0 cm³/mol. The van der Waals surface area contributed by atoms with Crippen LogP contribution in [-0.2, 0) is 9.59 Å². The van der Waals surface area contributed by atoms with Gasteiger partial charge in [0.25, 0.3) is 0 Å². The Bertz CT molecular complexity index is 294. The van der Waals surface area contributed by atoms with E-state index in [-0.39, 0.29) is 36.2 Å². The molecule has 1 saturated carbocycles. The Hall–Kier alpha value is -0.810. The zero-order valence-corrected chi connectivity index (χ0v) is 13.4. The van der Waals surface area contributed by atoms with Gasteiger partial charge in [-0.1, -0.05) is 19.3 Å². The molecule has 0 saturated heterocycles. The molecule has 5 nitrogen and oxygen atoms in total. The molecule has 1 atom stereocenters. The van der Waals surface area contributed by atoms with Crippen LogP contribution < -0.4 is 16.0 Å². The number of carbonyl (C=O) groups excluding carboxylic acids is 2. The van der Waals surface area contributed by atoms with Crippen molar-refractivity contribution < 1.29 is 9.59 Å². The van der Waals surface area contributed by atoms with Crippen LogP contribution in [0.25, 0.3) is 0 Å². The Morgan fingerprint density at radius 1 is 1.15 bits per heavy atom. The third-order valence-electron chi connectivity index (χ3n) is 3.55. The lowest BCUT2D eigenvalue weighted by molar-refractivity contribution is -0.127. The molecule has 6 heteroatoms. The number of likely N-dealkylation sites (N-methyl/N-ethyl adjacent to an activating group) is 1. The molecule has 0 aromatic heterocycles. The molecule has 1 fully saturated rings. The number of carbonyl (C=O) groups is 2. The average molecular weight is 306 g/mol. The predicted octanol–water partition coefficient (Wildman–Crippen LogP) is 1.22. The maximum absolute atomic E-state index is 12.0. The van der Waals surface area contributed by atoms with Crippen molar-refractivity contribution in [2.45, 2.75) is 51.5 Å². The van der Waals surface area contributed by atoms with Gasteiger partial charge in [-0.3, -0.25) is 9.59 Å². The first-order chi connectivity index (χ1) is 9.13. The number of nitrogens with one attached hydrogen (secondary N) is 3. The van der Waals surface area contributed by atoms with E-state index in [0.717, 1.165) is 32.2 Å². The summed E-state index contributed by atoms with van der Waals surface area (Å²) in [5, 5.41) is 8.74. The largest absolute Gasteiger partial charge is 0.355 e. The van der Waals surface area contributed by atoms with Gasteiger partial charge >= 0.3 is 0 Å². The molecule has 1 unspecified atom stereocenters. The van der Waals surface area contributed by atoms with Crippen molar-refractivity contribution in [1.29, 1.82) is 0 Å². The third-order valence-corrected chi connectivity index (χ3v) is 3.55. The molecule has 0 bridgehead atoms. The first-order valence-corrected chi connectivity index (χ1v) is 7.35. The van der Waals surface area contributed by atoms with Gasteiger partial charge in [0.05, 0.1) is 0 Å². The second-order valence-corrected chi connectivity index (χ2v) is 5.40. The van der Waals surface area contributed by atoms with Gasteiger partial charge < -0.3 is 16.0 Å². The lowest BCUT2D eigenvalue weighted by Crippen LogP contribution is -2.41. The maximum atomic E-state index is 12.0. The van der Waals surface area contributed by atoms with E-state index >= 15 is 0 Å². The maximum Gasteiger partial charge on any atom is 0.223 e. The summed E-state index contributed by atoms with van der Waals surface area (Å²) in [5.41, 5.74) is 0. The van der Waals surface area contributed by atoms with E-state index in [9.17, 15) is 9.59 Å². The van der Waals surface area contributed by atoms with Crippen LogP contribution in [0, 0.1) is 5.92 Å². The van der Waals surface area contributed by atoms with Gasteiger partial charge in [-0.05, 0) is 26.8 Å². The van der Waals surface area contributed by atoms with Crippen LogP contribution in [0.4, 0.5) is 0 Å². The van der Waals surface area contributed by atoms with Crippen molar-refractivity contribution in [2.75, 3.05) is 20.1 Å². The van der Waals surface area contributed by atoms with Crippen molar-refractivity contribution in [3.63, 3.8) is 0 Å². The van der Waals surface area contributed by atoms with Gasteiger partial charge in [-0.25, -0.2) is 0 Å². The molecule has 2 amide bonds. The molecule has 0 radical (unpaired) electrons. The van der Waals surface area contributed by atoms with E-state index in [0.29, 0.717) is 13.0 Å². The summed E-state index contributed by atoms with van der Waals surface area (Å²) in [7, 11) is 1.85. The summed E-state index contributed by atoms with van der Waals surface area (Å²) in [6.45, 7) is 3.27. The van der Waals surface area contributed by atoms with Gasteiger partial charge in [-0.15, -0.1) is 12.4 Å². The van der Waals surface area contributed by atoms with E-state index < -0.39 is 0 Å². The Labute approximate surface area is 128 Å². The summed E-state index contributed by atoms with van der Waals surface area (Å²) in [4.78, 5) is 23.6. The molecular formula is C14H28ClN3O2. The van der Waals surface area contributed by atoms with Crippen molar-refractivity contribution in [2.24, 2.45) is 5.92 Å². The lowest BCUT2D eigenvalue weighted by atomic mass is 9.88. The number of halogens is 1. The Morgan fingerprint density at radius 2 is 1.80 bits per heavy atom. The van der Waals surface area contributed by atoms with Gasteiger partial charge in [0.15, 0.2) is 0 Å². The summed E-state index contributed by atoms with van der Waals surface area (Å²) < 4.78 is 0. The monoisotopic (exact) mass is 305 g/mol. The second-order valence-electron chi connectivity index (χ2n) is 5.40. The molecule has 20 heavy (non-hydrogen) atoms. The first kappa shape index (κ1) is 19.2. The zero-order valence-electron chi connectivity index (χ0n) is 12.5. The molecule has 0 aliphatic heterocycles. The van der Waals surface area contributed by atoms with Gasteiger partial charge in [0, 0.05) is 31.5 Å². The van der Waals surface area contributed by atoms with E-state index in [4.69, 9.17) is 0 Å². The first-order valence-electron chi connectivity index (χ1n) is 7.35. The second kappa shape index (κ2) is 10.9. The third kappa shape index (κ3) is 7.70. The number of amides is 2. The van der Waals surface area contributed by atoms with E-state index in [1.54, 1.807) is 0 Å². The fourth-order valence-corrected chi connectivity index (χ4v) is 2.45. The van der Waals surface area contributed by atoms with E-state index in [1.165, 1.54) is 6.42 Å². The molecule has 1 aliphatic rings. The van der Waals surface area contributed by atoms with Crippen LogP contribution in [0.3, 0.4) is 0 Å². The minimum Gasteiger partial charge on any atom is -0.355 e. The topological polar surface area (TPSA) is 70.2 Å². The Morgan fingerprint density at radius 3 is 2.40 bits per heavy atom. The quantitative estimate of drug-likeness (QED) is 0.619. The van der Waals surface area contributed by atoms with Crippen molar-refractivity contribution in [3.05, 3.63) is 0 Å². The van der Waals surface area contributed by atoms with Gasteiger partial charge in [0.2, 0.25) is 11.8 Å². The molecule has 0 heterocycles. The smallest absolute Gasteiger partial charge is 0.223 e. The standard InChI is InChI=1S/C14H27N3O2.ClH/c1-11(10-13(18)16-9-8-15-2)17-14(19)12-6-4-3-5-7-12;/h11-12,15H,3-10H2,1-2H3,(H,16,18)(H,17,19);1H. The van der Waals surface area contributed by atoms with Crippen LogP contribution in [-0.4, -0.2) is 38.0 Å². The fraction of sp³-hybridized carbons (Fsp3) is 0.857. The highest BCUT2D eigenvalue weighted by atomic mass is 35.5. The van der Waals surface area contributed by atoms with Crippen LogP contribution >= 0.6 is 12.4 Å². The normalized spacial score (nSPS) is 16.9. The van der Waals surface area contributed by atoms with Gasteiger partial charge in [0.1, 0.15) is 0 Å². The van der Waals surface area contributed by atoms with Crippen LogP contribution in [0.15, 0.2) is 0 Å². The minimum atomic E-state index is -0.0935. The minimum absolute atomic E-state index is 0. The SMILES string of the molecule is CNCCNC(=O)CC(C)NC(=O)C1CCCCC1.Cl. The molecule has 3 N–H and O–H groups in total. The van der Waals surface area contributed by atoms with Crippen LogP contribution in [0.2, 0.25) is 0 Å². The molecule has 118 valence electrons. The van der Waals surface area contributed by atoms with Crippen molar-refractivity contribution in [1.82, 2.24) is 16.0 Å². The Balaban J connectivity index is 0.00000361. The zero-order chi connectivity index (χ0) is 14.1. The van der Waals surface area contributed by atoms with E-state index in [2.05, 4.69) is 16.0 Å². The summed E-state index contributed by atoms with van der Waals surface area (Å²) >= 11 is 0. The number of hydrogen-bond donors (Lipinski definition) is 3. The summed E-state index contributed by atoms with van der Waals surface area (Å²) in [6.07, 6.45) is 5.88. The van der Waals surface area contributed by atoms with Crippen molar-refractivity contribution in [3.8, 4) is 0 Å². The molecule has 1 rings (SSSR count). The van der Waals surface area contributed by atoms with Crippen LogP contribution in [0.1, 0.15) is 45.4 Å². The summed E-state index contributed by atoms with van der Waals surface area (Å²) in [5.74, 6) is 0.269. The highest BCUT2D eigenvalue weighted by molar-refractivity contribution is 5.85. The molecular weight excluding hydrogens is 278 g/mol. The fourth-order valence-electron chi connectivity index (χ4n) is 2.45. The van der Waals surface area contributed by atoms with E-state index in [1.807, 2.05) is 14.0 Å². The van der Waals surface area contributed by atoms with Gasteiger partial charge in [-0.2, -0.15) is 0 Å². The highest BCUT2D eigenvalue weighted by Gasteiger charge is 2.22. The van der Waals surface area contributed by atoms with Crippen LogP contribution in [0.5, 0.6) is 0 Å². The van der Waals surface area contributed by atoms with Crippen molar-refractivity contribution >= 4 is 24.2 Å². The molecule has 0 spiro atoms. The summed E-state index contributed by atoms with van der Waals surface area (Å²) in [6, 6.07) is -0.0935. The molecule has 0 aromatic carbocycles. The molecule has 1 aliphatic carbocycles. The highest BCUT2D eigenvalue weighted by Crippen LogP contribution is 2.23. The molecule has 0 aromatic rings. The average Bonchev–Trinajstić information content (AvgIpc) is 2.39. The Kier molecular flexibility index (Phi) is 10.5.